The lowest BCUT2D eigenvalue weighted by molar-refractivity contribution is 0.635. The molecule has 1 aromatic heterocycles. The van der Waals surface area contributed by atoms with Gasteiger partial charge in [-0.3, -0.25) is 5.84 Å². The van der Waals surface area contributed by atoms with Gasteiger partial charge in [0.15, 0.2) is 0 Å². The van der Waals surface area contributed by atoms with Crippen molar-refractivity contribution < 1.29 is 0 Å². The molecule has 108 valence electrons. The summed E-state index contributed by atoms with van der Waals surface area (Å²) in [6.45, 7) is 6.46. The second-order valence-electron chi connectivity index (χ2n) is 5.60. The number of aryl methyl sites for hydroxylation is 3. The molecule has 2 aromatic carbocycles. The van der Waals surface area contributed by atoms with Crippen LogP contribution in [0.5, 0.6) is 0 Å². The minimum atomic E-state index is 0.0212. The number of hydrogen-bond donors (Lipinski definition) is 2. The van der Waals surface area contributed by atoms with Gasteiger partial charge in [0.25, 0.3) is 0 Å². The van der Waals surface area contributed by atoms with Crippen molar-refractivity contribution in [3.05, 3.63) is 69.6 Å². The number of benzene rings is 2. The Morgan fingerprint density at radius 1 is 1.05 bits per heavy atom. The largest absolute Gasteiger partial charge is 0.271 e. The molecule has 0 fully saturated rings. The van der Waals surface area contributed by atoms with Crippen molar-refractivity contribution in [1.82, 2.24) is 5.43 Å². The number of nitrogens with one attached hydrogen (secondary N) is 1. The minimum Gasteiger partial charge on any atom is -0.271 e. The van der Waals surface area contributed by atoms with Crippen LogP contribution in [0.1, 0.15) is 33.9 Å². The third-order valence-electron chi connectivity index (χ3n) is 4.01. The summed E-state index contributed by atoms with van der Waals surface area (Å²) in [4.78, 5) is 0. The Morgan fingerprint density at radius 2 is 1.76 bits per heavy atom. The smallest absolute Gasteiger partial charge is 0.0729 e. The standard InChI is InChI=1S/C18H20N2S/c1-11-9-12(2)16(13(3)10-11)17(20-19)15-6-4-5-14-7-8-21-18(14)15/h4-10,17,20H,19H2,1-3H3. The van der Waals surface area contributed by atoms with Crippen LogP contribution in [0.15, 0.2) is 41.8 Å². The Kier molecular flexibility index (Phi) is 3.81. The van der Waals surface area contributed by atoms with Gasteiger partial charge in [-0.2, -0.15) is 0 Å². The predicted molar refractivity (Wildman–Crippen MR) is 91.6 cm³/mol. The molecule has 3 N–H and O–H groups in total. The molecule has 0 amide bonds. The first-order chi connectivity index (χ1) is 10.1. The quantitative estimate of drug-likeness (QED) is 0.556. The van der Waals surface area contributed by atoms with E-state index in [1.165, 1.54) is 37.9 Å². The average Bonchev–Trinajstić information content (AvgIpc) is 2.91. The van der Waals surface area contributed by atoms with Gasteiger partial charge in [0.1, 0.15) is 0 Å². The lowest BCUT2D eigenvalue weighted by Gasteiger charge is -2.22. The molecule has 1 atom stereocenters. The van der Waals surface area contributed by atoms with E-state index >= 15 is 0 Å². The van der Waals surface area contributed by atoms with Gasteiger partial charge in [-0.05, 0) is 59.9 Å². The highest BCUT2D eigenvalue weighted by atomic mass is 32.1. The van der Waals surface area contributed by atoms with Gasteiger partial charge in [-0.25, -0.2) is 5.43 Å². The van der Waals surface area contributed by atoms with Crippen LogP contribution in [0.25, 0.3) is 10.1 Å². The normalized spacial score (nSPS) is 12.8. The predicted octanol–water partition coefficient (Wildman–Crippen LogP) is 4.38. The molecule has 0 saturated carbocycles. The SMILES string of the molecule is Cc1cc(C)c(C(NN)c2cccc3ccsc23)c(C)c1. The zero-order valence-corrected chi connectivity index (χ0v) is 13.4. The highest BCUT2D eigenvalue weighted by Gasteiger charge is 2.19. The molecule has 0 bridgehead atoms. The van der Waals surface area contributed by atoms with Crippen molar-refractivity contribution in [2.45, 2.75) is 26.8 Å². The van der Waals surface area contributed by atoms with Crippen molar-refractivity contribution in [1.29, 1.82) is 0 Å². The summed E-state index contributed by atoms with van der Waals surface area (Å²) in [6.07, 6.45) is 0. The van der Waals surface area contributed by atoms with E-state index in [-0.39, 0.29) is 6.04 Å². The zero-order chi connectivity index (χ0) is 15.0. The minimum absolute atomic E-state index is 0.0212. The lowest BCUT2D eigenvalue weighted by atomic mass is 9.90. The fourth-order valence-corrected chi connectivity index (χ4v) is 4.16. The van der Waals surface area contributed by atoms with Crippen molar-refractivity contribution in [2.75, 3.05) is 0 Å². The molecule has 0 aliphatic heterocycles. The number of thiophene rings is 1. The van der Waals surface area contributed by atoms with Crippen LogP contribution in [0, 0.1) is 20.8 Å². The Morgan fingerprint density at radius 3 is 2.43 bits per heavy atom. The Hall–Kier alpha value is -1.68. The molecule has 3 heteroatoms. The molecule has 3 aromatic rings. The highest BCUT2D eigenvalue weighted by molar-refractivity contribution is 7.17. The lowest BCUT2D eigenvalue weighted by Crippen LogP contribution is -2.30. The molecule has 0 spiro atoms. The number of nitrogens with two attached hydrogens (primary N) is 1. The molecule has 0 aliphatic carbocycles. The maximum absolute atomic E-state index is 5.93. The van der Waals surface area contributed by atoms with E-state index in [4.69, 9.17) is 5.84 Å². The molecule has 1 unspecified atom stereocenters. The first-order valence-corrected chi connectivity index (χ1v) is 7.99. The monoisotopic (exact) mass is 296 g/mol. The summed E-state index contributed by atoms with van der Waals surface area (Å²) in [5, 5.41) is 3.41. The molecule has 3 rings (SSSR count). The fourth-order valence-electron chi connectivity index (χ4n) is 3.22. The summed E-state index contributed by atoms with van der Waals surface area (Å²) >= 11 is 1.77. The van der Waals surface area contributed by atoms with Gasteiger partial charge < -0.3 is 0 Å². The fraction of sp³-hybridized carbons (Fsp3) is 0.222. The first kappa shape index (κ1) is 14.3. The maximum atomic E-state index is 5.93. The number of rotatable bonds is 3. The first-order valence-electron chi connectivity index (χ1n) is 7.12. The summed E-state index contributed by atoms with van der Waals surface area (Å²) in [7, 11) is 0. The summed E-state index contributed by atoms with van der Waals surface area (Å²) in [5.74, 6) is 5.93. The Bertz CT molecular complexity index is 766. The van der Waals surface area contributed by atoms with E-state index in [2.05, 4.69) is 68.0 Å². The number of hydrogen-bond acceptors (Lipinski definition) is 3. The molecule has 0 saturated heterocycles. The molecular formula is C18H20N2S. The second-order valence-corrected chi connectivity index (χ2v) is 6.51. The highest BCUT2D eigenvalue weighted by Crippen LogP contribution is 2.34. The van der Waals surface area contributed by atoms with Crippen LogP contribution < -0.4 is 11.3 Å². The van der Waals surface area contributed by atoms with E-state index < -0.39 is 0 Å². The average molecular weight is 296 g/mol. The molecule has 0 aliphatic rings. The van der Waals surface area contributed by atoms with Crippen LogP contribution in [-0.2, 0) is 0 Å². The van der Waals surface area contributed by atoms with Gasteiger partial charge in [0.05, 0.1) is 6.04 Å². The molecular weight excluding hydrogens is 276 g/mol. The zero-order valence-electron chi connectivity index (χ0n) is 12.6. The van der Waals surface area contributed by atoms with E-state index in [1.807, 2.05) is 0 Å². The van der Waals surface area contributed by atoms with Crippen LogP contribution in [0.3, 0.4) is 0 Å². The number of fused-ring (bicyclic) bond motifs is 1. The van der Waals surface area contributed by atoms with Gasteiger partial charge in [-0.15, -0.1) is 11.3 Å². The van der Waals surface area contributed by atoms with Crippen LogP contribution in [0.2, 0.25) is 0 Å². The Labute approximate surface area is 129 Å². The van der Waals surface area contributed by atoms with Gasteiger partial charge in [-0.1, -0.05) is 35.9 Å². The van der Waals surface area contributed by atoms with Crippen molar-refractivity contribution in [3.8, 4) is 0 Å². The van der Waals surface area contributed by atoms with Crippen LogP contribution >= 0.6 is 11.3 Å². The third-order valence-corrected chi connectivity index (χ3v) is 4.99. The van der Waals surface area contributed by atoms with Crippen LogP contribution in [0.4, 0.5) is 0 Å². The van der Waals surface area contributed by atoms with Crippen LogP contribution in [-0.4, -0.2) is 0 Å². The van der Waals surface area contributed by atoms with Crippen molar-refractivity contribution in [3.63, 3.8) is 0 Å². The topological polar surface area (TPSA) is 38.0 Å². The molecule has 0 radical (unpaired) electrons. The van der Waals surface area contributed by atoms with Gasteiger partial charge in [0, 0.05) is 4.70 Å². The molecule has 1 heterocycles. The van der Waals surface area contributed by atoms with E-state index in [1.54, 1.807) is 11.3 Å². The maximum Gasteiger partial charge on any atom is 0.0729 e. The summed E-state index contributed by atoms with van der Waals surface area (Å²) in [5.41, 5.74) is 9.41. The number of hydrazine groups is 1. The second kappa shape index (κ2) is 5.60. The Balaban J connectivity index is 2.22. The van der Waals surface area contributed by atoms with Crippen molar-refractivity contribution in [2.24, 2.45) is 5.84 Å². The van der Waals surface area contributed by atoms with Crippen molar-refractivity contribution >= 4 is 21.4 Å². The van der Waals surface area contributed by atoms with E-state index in [0.29, 0.717) is 0 Å². The van der Waals surface area contributed by atoms with E-state index in [0.717, 1.165) is 0 Å². The van der Waals surface area contributed by atoms with Gasteiger partial charge in [0.2, 0.25) is 0 Å². The molecule has 2 nitrogen and oxygen atoms in total. The summed E-state index contributed by atoms with van der Waals surface area (Å²) < 4.78 is 1.31. The van der Waals surface area contributed by atoms with Gasteiger partial charge >= 0.3 is 0 Å². The molecule has 21 heavy (non-hydrogen) atoms. The summed E-state index contributed by atoms with van der Waals surface area (Å²) in [6, 6.07) is 13.1. The van der Waals surface area contributed by atoms with E-state index in [9.17, 15) is 0 Å². The third kappa shape index (κ3) is 2.48.